The number of hydrogen-bond acceptors (Lipinski definition) is 4. The number of benzene rings is 1. The molecule has 0 bridgehead atoms. The predicted molar refractivity (Wildman–Crippen MR) is 95.5 cm³/mol. The van der Waals surface area contributed by atoms with Crippen LogP contribution in [0.3, 0.4) is 0 Å². The van der Waals surface area contributed by atoms with Gasteiger partial charge in [-0.2, -0.15) is 0 Å². The zero-order valence-corrected chi connectivity index (χ0v) is 15.3. The van der Waals surface area contributed by atoms with Gasteiger partial charge in [0.1, 0.15) is 11.6 Å². The molecule has 0 saturated carbocycles. The Hall–Kier alpha value is -2.06. The summed E-state index contributed by atoms with van der Waals surface area (Å²) < 4.78 is 28.1. The highest BCUT2D eigenvalue weighted by Gasteiger charge is 2.22. The van der Waals surface area contributed by atoms with Crippen LogP contribution in [0.2, 0.25) is 0 Å². The van der Waals surface area contributed by atoms with Gasteiger partial charge in [0.15, 0.2) is 5.69 Å². The van der Waals surface area contributed by atoms with Gasteiger partial charge in [-0.1, -0.05) is 5.21 Å². The Labute approximate surface area is 156 Å². The molecule has 0 aliphatic carbocycles. The third kappa shape index (κ3) is 4.76. The molecule has 1 fully saturated rings. The van der Waals surface area contributed by atoms with Gasteiger partial charge < -0.3 is 10.6 Å². The van der Waals surface area contributed by atoms with Crippen LogP contribution in [0, 0.1) is 18.6 Å². The van der Waals surface area contributed by atoms with E-state index in [1.54, 1.807) is 0 Å². The van der Waals surface area contributed by atoms with E-state index in [0.717, 1.165) is 37.7 Å². The molecule has 6 nitrogen and oxygen atoms in total. The number of nitrogens with one attached hydrogen (secondary N) is 2. The number of carbonyl (C=O) groups excluding carboxylic acids is 1. The SMILES string of the molecule is Cc1c(C(=O)NCCc2cc(F)cc(F)c2)nnn1C1CCNCC1.Cl. The third-order valence-electron chi connectivity index (χ3n) is 4.42. The average Bonchev–Trinajstić information content (AvgIpc) is 2.96. The van der Waals surface area contributed by atoms with E-state index >= 15 is 0 Å². The molecule has 26 heavy (non-hydrogen) atoms. The van der Waals surface area contributed by atoms with Crippen molar-refractivity contribution < 1.29 is 13.6 Å². The molecule has 142 valence electrons. The molecule has 1 amide bonds. The minimum absolute atomic E-state index is 0. The summed E-state index contributed by atoms with van der Waals surface area (Å²) in [5.41, 5.74) is 1.53. The second kappa shape index (κ2) is 9.05. The lowest BCUT2D eigenvalue weighted by molar-refractivity contribution is 0.0948. The van der Waals surface area contributed by atoms with Crippen LogP contribution < -0.4 is 10.6 Å². The molecule has 0 spiro atoms. The first kappa shape index (κ1) is 20.3. The zero-order chi connectivity index (χ0) is 17.8. The van der Waals surface area contributed by atoms with Crippen LogP contribution in [0.25, 0.3) is 0 Å². The van der Waals surface area contributed by atoms with Crippen molar-refractivity contribution in [3.8, 4) is 0 Å². The van der Waals surface area contributed by atoms with Crippen LogP contribution >= 0.6 is 12.4 Å². The number of amides is 1. The molecule has 0 radical (unpaired) electrons. The maximum atomic E-state index is 13.2. The largest absolute Gasteiger partial charge is 0.350 e. The van der Waals surface area contributed by atoms with Crippen LogP contribution in [0.5, 0.6) is 0 Å². The molecule has 2 heterocycles. The van der Waals surface area contributed by atoms with Gasteiger partial charge in [-0.05, 0) is 57.0 Å². The lowest BCUT2D eigenvalue weighted by Gasteiger charge is -2.23. The molecule has 0 unspecified atom stereocenters. The number of carbonyl (C=O) groups is 1. The van der Waals surface area contributed by atoms with Crippen molar-refractivity contribution in [1.82, 2.24) is 25.6 Å². The van der Waals surface area contributed by atoms with Gasteiger partial charge in [-0.3, -0.25) is 4.79 Å². The van der Waals surface area contributed by atoms with E-state index in [1.807, 2.05) is 11.6 Å². The van der Waals surface area contributed by atoms with Crippen molar-refractivity contribution in [1.29, 1.82) is 0 Å². The smallest absolute Gasteiger partial charge is 0.273 e. The van der Waals surface area contributed by atoms with Crippen molar-refractivity contribution in [2.45, 2.75) is 32.2 Å². The molecule has 1 aliphatic rings. The highest BCUT2D eigenvalue weighted by molar-refractivity contribution is 5.93. The van der Waals surface area contributed by atoms with Crippen LogP contribution in [0.15, 0.2) is 18.2 Å². The predicted octanol–water partition coefficient (Wildman–Crippen LogP) is 2.18. The van der Waals surface area contributed by atoms with Gasteiger partial charge in [-0.25, -0.2) is 13.5 Å². The Balaban J connectivity index is 0.00000243. The Kier molecular flexibility index (Phi) is 7.05. The molecular weight excluding hydrogens is 364 g/mol. The Morgan fingerprint density at radius 2 is 1.92 bits per heavy atom. The van der Waals surface area contributed by atoms with E-state index in [9.17, 15) is 13.6 Å². The summed E-state index contributed by atoms with van der Waals surface area (Å²) in [4.78, 5) is 12.3. The number of rotatable bonds is 5. The quantitative estimate of drug-likeness (QED) is 0.827. The van der Waals surface area contributed by atoms with Crippen LogP contribution in [0.1, 0.15) is 40.6 Å². The molecule has 3 rings (SSSR count). The molecule has 2 N–H and O–H groups in total. The summed E-state index contributed by atoms with van der Waals surface area (Å²) >= 11 is 0. The topological polar surface area (TPSA) is 71.8 Å². The van der Waals surface area contributed by atoms with Gasteiger partial charge in [0, 0.05) is 12.6 Å². The van der Waals surface area contributed by atoms with Gasteiger partial charge in [-0.15, -0.1) is 17.5 Å². The first-order valence-electron chi connectivity index (χ1n) is 8.40. The molecule has 2 aromatic rings. The monoisotopic (exact) mass is 385 g/mol. The number of piperidine rings is 1. The van der Waals surface area contributed by atoms with Crippen LogP contribution in [-0.4, -0.2) is 40.5 Å². The zero-order valence-electron chi connectivity index (χ0n) is 14.5. The average molecular weight is 386 g/mol. The van der Waals surface area contributed by atoms with Crippen LogP contribution in [-0.2, 0) is 6.42 Å². The second-order valence-corrected chi connectivity index (χ2v) is 6.23. The lowest BCUT2D eigenvalue weighted by Crippen LogP contribution is -2.30. The number of halogens is 3. The van der Waals surface area contributed by atoms with Crippen molar-refractivity contribution in [3.05, 3.63) is 46.8 Å². The highest BCUT2D eigenvalue weighted by Crippen LogP contribution is 2.20. The molecule has 1 saturated heterocycles. The summed E-state index contributed by atoms with van der Waals surface area (Å²) in [7, 11) is 0. The third-order valence-corrected chi connectivity index (χ3v) is 4.42. The fourth-order valence-corrected chi connectivity index (χ4v) is 3.11. The normalized spacial score (nSPS) is 14.7. The van der Waals surface area contributed by atoms with Gasteiger partial charge in [0.05, 0.1) is 11.7 Å². The number of aromatic nitrogens is 3. The van der Waals surface area contributed by atoms with E-state index in [0.29, 0.717) is 17.7 Å². The molecule has 1 aromatic carbocycles. The van der Waals surface area contributed by atoms with Gasteiger partial charge in [0.2, 0.25) is 0 Å². The molecule has 1 aliphatic heterocycles. The maximum absolute atomic E-state index is 13.2. The summed E-state index contributed by atoms with van der Waals surface area (Å²) in [5.74, 6) is -1.57. The van der Waals surface area contributed by atoms with Crippen molar-refractivity contribution in [2.24, 2.45) is 0 Å². The Morgan fingerprint density at radius 1 is 1.27 bits per heavy atom. The minimum atomic E-state index is -0.623. The van der Waals surface area contributed by atoms with E-state index in [4.69, 9.17) is 0 Å². The van der Waals surface area contributed by atoms with Crippen LogP contribution in [0.4, 0.5) is 8.78 Å². The van der Waals surface area contributed by atoms with Crippen molar-refractivity contribution in [2.75, 3.05) is 19.6 Å². The standard InChI is InChI=1S/C17H21F2N5O.ClH/c1-11-16(22-23-24(11)15-3-5-20-6-4-15)17(25)21-7-2-12-8-13(18)10-14(19)9-12;/h8-10,15,20H,2-7H2,1H3,(H,21,25);1H. The van der Waals surface area contributed by atoms with E-state index in [-0.39, 0.29) is 30.9 Å². The maximum Gasteiger partial charge on any atom is 0.273 e. The number of nitrogens with zero attached hydrogens (tertiary/aromatic N) is 3. The first-order chi connectivity index (χ1) is 12.0. The Bertz CT molecular complexity index is 741. The highest BCUT2D eigenvalue weighted by atomic mass is 35.5. The van der Waals surface area contributed by atoms with Gasteiger partial charge >= 0.3 is 0 Å². The van der Waals surface area contributed by atoms with E-state index in [2.05, 4.69) is 20.9 Å². The first-order valence-corrected chi connectivity index (χ1v) is 8.40. The number of hydrogen-bond donors (Lipinski definition) is 2. The summed E-state index contributed by atoms with van der Waals surface area (Å²) in [5, 5.41) is 14.2. The van der Waals surface area contributed by atoms with Crippen molar-refractivity contribution >= 4 is 18.3 Å². The van der Waals surface area contributed by atoms with Crippen molar-refractivity contribution in [3.63, 3.8) is 0 Å². The molecular formula is C17H22ClF2N5O. The van der Waals surface area contributed by atoms with E-state index in [1.165, 1.54) is 12.1 Å². The second-order valence-electron chi connectivity index (χ2n) is 6.23. The van der Waals surface area contributed by atoms with E-state index < -0.39 is 11.6 Å². The summed E-state index contributed by atoms with van der Waals surface area (Å²) in [6.45, 7) is 3.95. The fraction of sp³-hybridized carbons (Fsp3) is 0.471. The summed E-state index contributed by atoms with van der Waals surface area (Å²) in [6, 6.07) is 3.59. The van der Waals surface area contributed by atoms with Gasteiger partial charge in [0.25, 0.3) is 5.91 Å². The Morgan fingerprint density at radius 3 is 2.58 bits per heavy atom. The molecule has 0 atom stereocenters. The molecule has 9 heteroatoms. The molecule has 1 aromatic heterocycles. The minimum Gasteiger partial charge on any atom is -0.350 e. The lowest BCUT2D eigenvalue weighted by atomic mass is 10.1. The summed E-state index contributed by atoms with van der Waals surface area (Å²) in [6.07, 6.45) is 2.24. The fourth-order valence-electron chi connectivity index (χ4n) is 3.11.